The number of aliphatic hydroxyl groups excluding tert-OH is 3. The number of hydrogen-bond donors (Lipinski definition) is 4. The van der Waals surface area contributed by atoms with Crippen LogP contribution in [0.15, 0.2) is 0 Å². The zero-order valence-electron chi connectivity index (χ0n) is 5.63. The van der Waals surface area contributed by atoms with Gasteiger partial charge in [0, 0.05) is 0 Å². The van der Waals surface area contributed by atoms with Crippen molar-refractivity contribution in [3.05, 3.63) is 0 Å². The molecule has 0 aromatic rings. The van der Waals surface area contributed by atoms with E-state index in [1.54, 1.807) is 0 Å². The lowest BCUT2D eigenvalue weighted by Gasteiger charge is -2.22. The monoisotopic (exact) mass is 186 g/mol. The van der Waals surface area contributed by atoms with Crippen LogP contribution in [-0.4, -0.2) is 52.9 Å². The predicted molar refractivity (Wildman–Crippen MR) is 35.5 cm³/mol. The van der Waals surface area contributed by atoms with E-state index >= 15 is 0 Å². The molecule has 0 atom stereocenters. The summed E-state index contributed by atoms with van der Waals surface area (Å²) in [5.74, 6) is 0. The van der Waals surface area contributed by atoms with E-state index in [-0.39, 0.29) is 0 Å². The summed E-state index contributed by atoms with van der Waals surface area (Å²) < 4.78 is 27.0. The zero-order valence-corrected chi connectivity index (χ0v) is 6.45. The minimum atomic E-state index is -4.63. The Morgan fingerprint density at radius 3 is 1.27 bits per heavy atom. The van der Waals surface area contributed by atoms with E-state index in [0.717, 1.165) is 0 Å². The van der Waals surface area contributed by atoms with Gasteiger partial charge in [0.15, 0.2) is 4.75 Å². The Bertz CT molecular complexity index is 194. The average Bonchev–Trinajstić information content (AvgIpc) is 1.90. The zero-order chi connectivity index (χ0) is 9.12. The van der Waals surface area contributed by atoms with E-state index in [4.69, 9.17) is 19.9 Å². The summed E-state index contributed by atoms with van der Waals surface area (Å²) in [5, 5.41) is 25.4. The molecule has 0 aromatic carbocycles. The molecule has 0 aromatic heterocycles. The quantitative estimate of drug-likeness (QED) is 0.363. The second kappa shape index (κ2) is 3.46. The summed E-state index contributed by atoms with van der Waals surface area (Å²) >= 11 is 0. The van der Waals surface area contributed by atoms with Gasteiger partial charge in [0.05, 0.1) is 19.8 Å². The molecular formula is C4H10O6S. The van der Waals surface area contributed by atoms with E-state index in [1.165, 1.54) is 0 Å². The third kappa shape index (κ3) is 1.88. The number of rotatable bonds is 4. The highest BCUT2D eigenvalue weighted by atomic mass is 32.2. The molecule has 6 nitrogen and oxygen atoms in total. The third-order valence-electron chi connectivity index (χ3n) is 1.41. The second-order valence-electron chi connectivity index (χ2n) is 2.13. The first kappa shape index (κ1) is 10.8. The van der Waals surface area contributed by atoms with E-state index < -0.39 is 34.7 Å². The van der Waals surface area contributed by atoms with Gasteiger partial charge < -0.3 is 15.3 Å². The van der Waals surface area contributed by atoms with Gasteiger partial charge in [0.2, 0.25) is 0 Å². The van der Waals surface area contributed by atoms with Gasteiger partial charge in [0.25, 0.3) is 10.1 Å². The molecule has 0 heterocycles. The number of hydrogen-bond acceptors (Lipinski definition) is 5. The van der Waals surface area contributed by atoms with E-state index in [0.29, 0.717) is 0 Å². The molecule has 7 heteroatoms. The van der Waals surface area contributed by atoms with Gasteiger partial charge in [-0.25, -0.2) is 0 Å². The fourth-order valence-electron chi connectivity index (χ4n) is 0.395. The summed E-state index contributed by atoms with van der Waals surface area (Å²) in [6.45, 7) is -3.09. The highest BCUT2D eigenvalue weighted by Crippen LogP contribution is 2.13. The average molecular weight is 186 g/mol. The van der Waals surface area contributed by atoms with Crippen molar-refractivity contribution in [2.24, 2.45) is 0 Å². The van der Waals surface area contributed by atoms with E-state index in [2.05, 4.69) is 0 Å². The van der Waals surface area contributed by atoms with Crippen LogP contribution in [0.3, 0.4) is 0 Å². The smallest absolute Gasteiger partial charge is 0.277 e. The fraction of sp³-hybridized carbons (Fsp3) is 1.00. The van der Waals surface area contributed by atoms with Crippen molar-refractivity contribution >= 4 is 10.1 Å². The maximum Gasteiger partial charge on any atom is 0.277 e. The molecule has 0 saturated carbocycles. The SMILES string of the molecule is O=S(=O)(O)C(CO)(CO)CO. The van der Waals surface area contributed by atoms with Crippen LogP contribution < -0.4 is 0 Å². The van der Waals surface area contributed by atoms with Crippen molar-refractivity contribution in [2.75, 3.05) is 19.8 Å². The summed E-state index contributed by atoms with van der Waals surface area (Å²) in [5.41, 5.74) is 0. The topological polar surface area (TPSA) is 115 Å². The standard InChI is InChI=1S/C4H10O6S/c5-1-4(2-6,3-7)11(8,9)10/h5-7H,1-3H2,(H,8,9,10). The van der Waals surface area contributed by atoms with Crippen molar-refractivity contribution in [2.45, 2.75) is 4.75 Å². The maximum absolute atomic E-state index is 10.4. The molecule has 0 rings (SSSR count). The normalized spacial score (nSPS) is 13.5. The Morgan fingerprint density at radius 1 is 1.00 bits per heavy atom. The highest BCUT2D eigenvalue weighted by Gasteiger charge is 2.41. The molecule has 0 spiro atoms. The van der Waals surface area contributed by atoms with Crippen molar-refractivity contribution < 1.29 is 28.3 Å². The van der Waals surface area contributed by atoms with E-state index in [9.17, 15) is 8.42 Å². The Kier molecular flexibility index (Phi) is 3.39. The van der Waals surface area contributed by atoms with Crippen molar-refractivity contribution in [3.8, 4) is 0 Å². The molecule has 0 aliphatic heterocycles. The minimum absolute atomic E-state index is 1.03. The Hall–Kier alpha value is -0.210. The molecule has 0 amide bonds. The van der Waals surface area contributed by atoms with Gasteiger partial charge in [-0.15, -0.1) is 0 Å². The molecular weight excluding hydrogens is 176 g/mol. The van der Waals surface area contributed by atoms with Gasteiger partial charge in [-0.2, -0.15) is 8.42 Å². The second-order valence-corrected chi connectivity index (χ2v) is 3.95. The van der Waals surface area contributed by atoms with Crippen molar-refractivity contribution in [1.29, 1.82) is 0 Å². The molecule has 0 radical (unpaired) electrons. The summed E-state index contributed by atoms with van der Waals surface area (Å²) in [6, 6.07) is 0. The summed E-state index contributed by atoms with van der Waals surface area (Å²) in [7, 11) is -4.63. The molecule has 0 saturated heterocycles. The van der Waals surface area contributed by atoms with Crippen molar-refractivity contribution in [1.82, 2.24) is 0 Å². The van der Waals surface area contributed by atoms with Gasteiger partial charge >= 0.3 is 0 Å². The van der Waals surface area contributed by atoms with Gasteiger partial charge in [0.1, 0.15) is 0 Å². The predicted octanol–water partition coefficient (Wildman–Crippen LogP) is -2.41. The molecule has 0 fully saturated rings. The number of aliphatic hydroxyl groups is 3. The van der Waals surface area contributed by atoms with Gasteiger partial charge in [-0.05, 0) is 0 Å². The lowest BCUT2D eigenvalue weighted by Crippen LogP contribution is -2.48. The van der Waals surface area contributed by atoms with Gasteiger partial charge in [-0.3, -0.25) is 4.55 Å². The first-order valence-electron chi connectivity index (χ1n) is 2.73. The van der Waals surface area contributed by atoms with Crippen LogP contribution >= 0.6 is 0 Å². The van der Waals surface area contributed by atoms with E-state index in [1.807, 2.05) is 0 Å². The van der Waals surface area contributed by atoms with Crippen LogP contribution in [0, 0.1) is 0 Å². The van der Waals surface area contributed by atoms with Crippen LogP contribution in [0.2, 0.25) is 0 Å². The molecule has 11 heavy (non-hydrogen) atoms. The summed E-state index contributed by atoms with van der Waals surface area (Å²) in [4.78, 5) is 0. The van der Waals surface area contributed by atoms with Crippen LogP contribution in [0.1, 0.15) is 0 Å². The van der Waals surface area contributed by atoms with Gasteiger partial charge in [-0.1, -0.05) is 0 Å². The molecule has 4 N–H and O–H groups in total. The first-order valence-corrected chi connectivity index (χ1v) is 4.17. The Labute approximate surface area is 63.8 Å². The lowest BCUT2D eigenvalue weighted by atomic mass is 10.2. The molecule has 68 valence electrons. The van der Waals surface area contributed by atoms with Crippen LogP contribution in [0.25, 0.3) is 0 Å². The minimum Gasteiger partial charge on any atom is -0.394 e. The summed E-state index contributed by atoms with van der Waals surface area (Å²) in [6.07, 6.45) is 0. The lowest BCUT2D eigenvalue weighted by molar-refractivity contribution is 0.108. The third-order valence-corrected chi connectivity index (χ3v) is 2.89. The van der Waals surface area contributed by atoms with Crippen LogP contribution in [0.5, 0.6) is 0 Å². The Morgan fingerprint density at radius 2 is 1.27 bits per heavy atom. The maximum atomic E-state index is 10.4. The first-order chi connectivity index (χ1) is 4.93. The van der Waals surface area contributed by atoms with Crippen LogP contribution in [0.4, 0.5) is 0 Å². The fourth-order valence-corrected chi connectivity index (χ4v) is 0.884. The molecule has 0 unspecified atom stereocenters. The molecule has 0 aliphatic rings. The Balaban J connectivity index is 4.86. The largest absolute Gasteiger partial charge is 0.394 e. The molecule has 0 bridgehead atoms. The molecule has 0 aliphatic carbocycles. The van der Waals surface area contributed by atoms with Crippen molar-refractivity contribution in [3.63, 3.8) is 0 Å². The highest BCUT2D eigenvalue weighted by molar-refractivity contribution is 7.87. The van der Waals surface area contributed by atoms with Crippen LogP contribution in [-0.2, 0) is 10.1 Å².